The van der Waals surface area contributed by atoms with E-state index in [1.807, 2.05) is 0 Å². The molecule has 1 heterocycles. The molecule has 8 heteroatoms. The number of aromatic nitrogens is 2. The first-order valence-corrected chi connectivity index (χ1v) is 5.37. The average Bonchev–Trinajstić information content (AvgIpc) is 2.44. The van der Waals surface area contributed by atoms with E-state index in [0.717, 1.165) is 16.8 Å². The number of hydrogen-bond acceptors (Lipinski definition) is 5. The molecule has 0 unspecified atom stereocenters. The fraction of sp³-hybridized carbons (Fsp3) is 0.667. The quantitative estimate of drug-likeness (QED) is 0.602. The molecule has 0 atom stereocenters. The average molecular weight is 244 g/mol. The molecule has 1 rings (SSSR count). The van der Waals surface area contributed by atoms with E-state index in [0.29, 0.717) is 5.16 Å². The highest BCUT2D eigenvalue weighted by atomic mass is 32.2. The minimum absolute atomic E-state index is 0.190. The summed E-state index contributed by atoms with van der Waals surface area (Å²) in [6.45, 7) is 1.40. The van der Waals surface area contributed by atoms with Crippen molar-refractivity contribution in [3.63, 3.8) is 0 Å². The van der Waals surface area contributed by atoms with Crippen LogP contribution in [0.25, 0.3) is 0 Å². The number of nitrogens with zero attached hydrogens (tertiary/aromatic N) is 2. The normalized spacial score (nSPS) is 12.0. The number of aryl methyl sites for hydroxylation is 1. The lowest BCUT2D eigenvalue weighted by Gasteiger charge is -2.05. The van der Waals surface area contributed by atoms with Gasteiger partial charge in [-0.3, -0.25) is 4.74 Å². The molecule has 3 nitrogen and oxygen atoms in total. The molecule has 0 saturated heterocycles. The first kappa shape index (κ1) is 11.7. The van der Waals surface area contributed by atoms with Crippen molar-refractivity contribution in [2.75, 3.05) is 12.4 Å². The van der Waals surface area contributed by atoms with E-state index in [9.17, 15) is 13.2 Å². The molecule has 0 aliphatic heterocycles. The topological polar surface area (TPSA) is 35.0 Å². The summed E-state index contributed by atoms with van der Waals surface area (Å²) in [6, 6.07) is 0. The van der Waals surface area contributed by atoms with Crippen molar-refractivity contribution in [2.45, 2.75) is 18.4 Å². The van der Waals surface area contributed by atoms with Crippen molar-refractivity contribution in [3.8, 4) is 0 Å². The number of alkyl halides is 3. The Balaban J connectivity index is 2.16. The highest BCUT2D eigenvalue weighted by molar-refractivity contribution is 7.99. The van der Waals surface area contributed by atoms with Crippen LogP contribution in [-0.4, -0.2) is 28.1 Å². The molecule has 1 aromatic rings. The zero-order chi connectivity index (χ0) is 10.6. The van der Waals surface area contributed by atoms with Crippen LogP contribution in [0.15, 0.2) is 5.16 Å². The van der Waals surface area contributed by atoms with Gasteiger partial charge < -0.3 is 0 Å². The lowest BCUT2D eigenvalue weighted by Crippen LogP contribution is -2.15. The molecule has 80 valence electrons. The highest BCUT2D eigenvalue weighted by Crippen LogP contribution is 2.19. The third-order valence-corrected chi connectivity index (χ3v) is 2.64. The lowest BCUT2D eigenvalue weighted by molar-refractivity contribution is -0.322. The minimum Gasteiger partial charge on any atom is -0.291 e. The summed E-state index contributed by atoms with van der Waals surface area (Å²) in [5.41, 5.74) is 0. The van der Waals surface area contributed by atoms with Crippen LogP contribution in [0.2, 0.25) is 0 Å². The van der Waals surface area contributed by atoms with Gasteiger partial charge >= 0.3 is 6.36 Å². The summed E-state index contributed by atoms with van der Waals surface area (Å²) >= 11 is 2.37. The highest BCUT2D eigenvalue weighted by Gasteiger charge is 2.28. The summed E-state index contributed by atoms with van der Waals surface area (Å²) in [5, 5.41) is 1.29. The van der Waals surface area contributed by atoms with Gasteiger partial charge in [-0.2, -0.15) is 4.37 Å². The second-order valence-corrected chi connectivity index (χ2v) is 4.26. The Labute approximate surface area is 86.8 Å². The summed E-state index contributed by atoms with van der Waals surface area (Å²) in [5.74, 6) is 0.190. The van der Waals surface area contributed by atoms with Crippen LogP contribution < -0.4 is 0 Å². The second-order valence-electron chi connectivity index (χ2n) is 2.24. The fourth-order valence-electron chi connectivity index (χ4n) is 0.630. The fourth-order valence-corrected chi connectivity index (χ4v) is 1.94. The van der Waals surface area contributed by atoms with Crippen LogP contribution in [0.1, 0.15) is 5.01 Å². The van der Waals surface area contributed by atoms with E-state index in [4.69, 9.17) is 0 Å². The van der Waals surface area contributed by atoms with Gasteiger partial charge in [0.25, 0.3) is 0 Å². The first-order chi connectivity index (χ1) is 6.47. The molecule has 0 amide bonds. The Morgan fingerprint density at radius 1 is 1.50 bits per heavy atom. The Morgan fingerprint density at radius 2 is 2.21 bits per heavy atom. The maximum Gasteiger partial charge on any atom is 0.522 e. The second kappa shape index (κ2) is 4.94. The van der Waals surface area contributed by atoms with E-state index >= 15 is 0 Å². The van der Waals surface area contributed by atoms with Crippen molar-refractivity contribution in [1.82, 2.24) is 9.36 Å². The van der Waals surface area contributed by atoms with Crippen LogP contribution in [0.5, 0.6) is 0 Å². The summed E-state index contributed by atoms with van der Waals surface area (Å²) in [4.78, 5) is 3.98. The molecule has 14 heavy (non-hydrogen) atoms. The van der Waals surface area contributed by atoms with E-state index < -0.39 is 6.36 Å². The van der Waals surface area contributed by atoms with E-state index in [-0.39, 0.29) is 12.4 Å². The molecule has 0 bridgehead atoms. The van der Waals surface area contributed by atoms with Gasteiger partial charge in [-0.25, -0.2) is 4.98 Å². The van der Waals surface area contributed by atoms with E-state index in [1.165, 1.54) is 11.5 Å². The maximum atomic E-state index is 11.5. The molecule has 0 aliphatic rings. The van der Waals surface area contributed by atoms with Gasteiger partial charge in [-0.15, -0.1) is 13.2 Å². The number of thioether (sulfide) groups is 1. The zero-order valence-corrected chi connectivity index (χ0v) is 8.80. The summed E-state index contributed by atoms with van der Waals surface area (Å²) in [7, 11) is 0. The van der Waals surface area contributed by atoms with Crippen molar-refractivity contribution in [1.29, 1.82) is 0 Å². The van der Waals surface area contributed by atoms with Crippen LogP contribution >= 0.6 is 23.3 Å². The minimum atomic E-state index is -4.55. The number of rotatable bonds is 4. The number of halogens is 3. The molecule has 0 N–H and O–H groups in total. The summed E-state index contributed by atoms with van der Waals surface area (Å²) in [6.07, 6.45) is -4.55. The Bertz CT molecular complexity index is 289. The SMILES string of the molecule is Cc1nc(SCCOC(F)(F)F)ns1. The standard InChI is InChI=1S/C6H7F3N2OS2/c1-4-10-5(11-14-4)13-3-2-12-6(7,8)9/h2-3H2,1H3. The molecule has 0 radical (unpaired) electrons. The third kappa shape index (κ3) is 4.77. The monoisotopic (exact) mass is 244 g/mol. The maximum absolute atomic E-state index is 11.5. The Kier molecular flexibility index (Phi) is 4.14. The molecule has 0 fully saturated rings. The molecule has 0 aliphatic carbocycles. The van der Waals surface area contributed by atoms with Crippen molar-refractivity contribution >= 4 is 23.3 Å². The van der Waals surface area contributed by atoms with Gasteiger partial charge in [0.05, 0.1) is 6.61 Å². The Hall–Kier alpha value is -0.340. The number of ether oxygens (including phenoxy) is 1. The van der Waals surface area contributed by atoms with Gasteiger partial charge in [-0.05, 0) is 18.5 Å². The Morgan fingerprint density at radius 3 is 2.71 bits per heavy atom. The van der Waals surface area contributed by atoms with Gasteiger partial charge in [0.15, 0.2) is 5.16 Å². The largest absolute Gasteiger partial charge is 0.522 e. The van der Waals surface area contributed by atoms with Gasteiger partial charge in [0.2, 0.25) is 0 Å². The van der Waals surface area contributed by atoms with Crippen LogP contribution in [0.4, 0.5) is 13.2 Å². The van der Waals surface area contributed by atoms with Gasteiger partial charge in [0, 0.05) is 5.75 Å². The third-order valence-electron chi connectivity index (χ3n) is 1.09. The summed E-state index contributed by atoms with van der Waals surface area (Å²) < 4.78 is 42.1. The van der Waals surface area contributed by atoms with Crippen LogP contribution in [-0.2, 0) is 4.74 Å². The molecule has 0 aromatic carbocycles. The predicted molar refractivity (Wildman–Crippen MR) is 47.4 cm³/mol. The van der Waals surface area contributed by atoms with Crippen molar-refractivity contribution in [2.24, 2.45) is 0 Å². The number of hydrogen-bond donors (Lipinski definition) is 0. The van der Waals surface area contributed by atoms with Crippen LogP contribution in [0.3, 0.4) is 0 Å². The molecular weight excluding hydrogens is 237 g/mol. The van der Waals surface area contributed by atoms with E-state index in [1.54, 1.807) is 6.92 Å². The van der Waals surface area contributed by atoms with Crippen molar-refractivity contribution in [3.05, 3.63) is 5.01 Å². The smallest absolute Gasteiger partial charge is 0.291 e. The van der Waals surface area contributed by atoms with Gasteiger partial charge in [0.1, 0.15) is 5.01 Å². The molecular formula is C6H7F3N2OS2. The molecule has 0 saturated carbocycles. The molecule has 0 spiro atoms. The van der Waals surface area contributed by atoms with Gasteiger partial charge in [-0.1, -0.05) is 11.8 Å². The van der Waals surface area contributed by atoms with Crippen LogP contribution in [0, 0.1) is 6.92 Å². The lowest BCUT2D eigenvalue weighted by atomic mass is 10.8. The zero-order valence-electron chi connectivity index (χ0n) is 7.17. The first-order valence-electron chi connectivity index (χ1n) is 3.61. The van der Waals surface area contributed by atoms with Crippen molar-refractivity contribution < 1.29 is 17.9 Å². The predicted octanol–water partition coefficient (Wildman–Crippen LogP) is 2.48. The van der Waals surface area contributed by atoms with E-state index in [2.05, 4.69) is 14.1 Å². The molecule has 1 aromatic heterocycles.